The first-order valence-corrected chi connectivity index (χ1v) is 22.3. The molecule has 0 spiro atoms. The maximum atomic E-state index is 12.6. The lowest BCUT2D eigenvalue weighted by Crippen LogP contribution is -2.32. The first-order chi connectivity index (χ1) is 26.1. The third-order valence-electron chi connectivity index (χ3n) is 10.2. The first-order valence-electron chi connectivity index (χ1n) is 18.5. The molecule has 0 amide bonds. The molecule has 0 N–H and O–H groups in total. The van der Waals surface area contributed by atoms with Crippen LogP contribution in [0.4, 0.5) is 0 Å². The maximum absolute atomic E-state index is 12.6. The van der Waals surface area contributed by atoms with Crippen molar-refractivity contribution in [2.75, 3.05) is 26.7 Å². The summed E-state index contributed by atoms with van der Waals surface area (Å²) in [5.74, 6) is 1.04. The normalized spacial score (nSPS) is 19.0. The lowest BCUT2D eigenvalue weighted by molar-refractivity contribution is -0.141. The number of carbonyl (C=O) groups is 1. The fourth-order valence-electron chi connectivity index (χ4n) is 7.63. The molecule has 0 fully saturated rings. The van der Waals surface area contributed by atoms with Crippen molar-refractivity contribution in [3.63, 3.8) is 0 Å². The average molecular weight is 801 g/mol. The number of esters is 1. The Morgan fingerprint density at radius 3 is 1.55 bits per heavy atom. The molecular formula is C45H52O9S2. The molecule has 4 aromatic carbocycles. The summed E-state index contributed by atoms with van der Waals surface area (Å²) >= 11 is 0. The number of rotatable bonds is 11. The van der Waals surface area contributed by atoms with Gasteiger partial charge < -0.3 is 18.9 Å². The molecule has 2 aliphatic rings. The minimum absolute atomic E-state index is 0.229. The number of hydrogen-bond donors (Lipinski definition) is 0. The second-order valence-corrected chi connectivity index (χ2v) is 19.4. The third-order valence-corrected chi connectivity index (χ3v) is 12.4. The molecule has 9 nitrogen and oxygen atoms in total. The van der Waals surface area contributed by atoms with E-state index in [9.17, 15) is 21.6 Å². The zero-order chi connectivity index (χ0) is 41.3. The van der Waals surface area contributed by atoms with Crippen LogP contribution < -0.4 is 9.47 Å². The number of cyclic esters (lactones) is 1. The Morgan fingerprint density at radius 1 is 0.589 bits per heavy atom. The minimum Gasteiger partial charge on any atom is -0.497 e. The van der Waals surface area contributed by atoms with Gasteiger partial charge in [-0.25, -0.2) is 21.6 Å². The molecule has 11 heteroatoms. The maximum Gasteiger partial charge on any atom is 0.340 e. The Hall–Kier alpha value is -4.71. The summed E-state index contributed by atoms with van der Waals surface area (Å²) < 4.78 is 70.1. The van der Waals surface area contributed by atoms with Crippen molar-refractivity contribution in [3.8, 4) is 11.5 Å². The van der Waals surface area contributed by atoms with Gasteiger partial charge in [0.1, 0.15) is 17.1 Å². The largest absolute Gasteiger partial charge is 0.497 e. The number of ether oxygens (including phenoxy) is 4. The number of unbranched alkanes of at least 4 members (excludes halogenated alkanes) is 1. The molecule has 0 radical (unpaired) electrons. The minimum atomic E-state index is -3.29. The summed E-state index contributed by atoms with van der Waals surface area (Å²) in [6.45, 7) is 12.2. The Labute approximate surface area is 332 Å². The van der Waals surface area contributed by atoms with Crippen LogP contribution >= 0.6 is 0 Å². The molecule has 0 bridgehead atoms. The zero-order valence-corrected chi connectivity index (χ0v) is 35.5. The van der Waals surface area contributed by atoms with E-state index in [0.29, 0.717) is 21.8 Å². The predicted molar refractivity (Wildman–Crippen MR) is 222 cm³/mol. The third kappa shape index (κ3) is 8.96. The van der Waals surface area contributed by atoms with E-state index in [2.05, 4.69) is 39.8 Å². The van der Waals surface area contributed by atoms with Gasteiger partial charge in [-0.1, -0.05) is 68.3 Å². The smallest absolute Gasteiger partial charge is 0.340 e. The van der Waals surface area contributed by atoms with Crippen LogP contribution in [0.25, 0.3) is 22.3 Å². The molecule has 56 heavy (non-hydrogen) atoms. The van der Waals surface area contributed by atoms with Gasteiger partial charge in [0, 0.05) is 18.1 Å². The van der Waals surface area contributed by atoms with E-state index in [0.717, 1.165) is 64.7 Å². The summed E-state index contributed by atoms with van der Waals surface area (Å²) in [4.78, 5) is 13.1. The van der Waals surface area contributed by atoms with Crippen molar-refractivity contribution in [2.45, 2.75) is 87.4 Å². The Bertz CT molecular complexity index is 2370. The van der Waals surface area contributed by atoms with Crippen LogP contribution in [0.3, 0.4) is 0 Å². The topological polar surface area (TPSA) is 122 Å². The Balaban J connectivity index is 0.000000216. The highest BCUT2D eigenvalue weighted by Crippen LogP contribution is 2.53. The summed E-state index contributed by atoms with van der Waals surface area (Å²) in [5, 5.41) is 0. The van der Waals surface area contributed by atoms with Gasteiger partial charge in [-0.3, -0.25) is 0 Å². The summed E-state index contributed by atoms with van der Waals surface area (Å²) in [6, 6.07) is 29.0. The molecule has 6 rings (SSSR count). The molecule has 4 aromatic rings. The van der Waals surface area contributed by atoms with Gasteiger partial charge >= 0.3 is 5.97 Å². The average Bonchev–Trinajstić information content (AvgIpc) is 3.52. The Morgan fingerprint density at radius 2 is 1.07 bits per heavy atom. The molecule has 0 aromatic heterocycles. The van der Waals surface area contributed by atoms with Crippen LogP contribution in [-0.2, 0) is 33.9 Å². The molecule has 0 aliphatic carbocycles. The zero-order valence-electron chi connectivity index (χ0n) is 33.8. The molecule has 298 valence electrons. The van der Waals surface area contributed by atoms with E-state index in [1.165, 1.54) is 6.26 Å². The van der Waals surface area contributed by atoms with Crippen LogP contribution in [-0.4, -0.2) is 66.3 Å². The standard InChI is InChI=1S/C25H32O4S.C20H20O5S/c1-7-8-17-25(4)23(19-9-13-20(28-5)14-10-19)22(24(2,3)29-25)18-11-15-21(16-12-18)30(6,26)27;1-20(2)18(13-8-10-16(11-9-13)26(4,22)23)17(19(21)25-20)14-6-5-7-15(12-14)24-3/h9-16H,7-8,17H2,1-6H3;5-12H,1-4H3. The van der Waals surface area contributed by atoms with E-state index in [4.69, 9.17) is 18.9 Å². The van der Waals surface area contributed by atoms with E-state index in [1.54, 1.807) is 62.8 Å². The van der Waals surface area contributed by atoms with Gasteiger partial charge in [-0.2, -0.15) is 0 Å². The van der Waals surface area contributed by atoms with E-state index >= 15 is 0 Å². The molecule has 2 heterocycles. The van der Waals surface area contributed by atoms with Crippen molar-refractivity contribution in [2.24, 2.45) is 0 Å². The monoisotopic (exact) mass is 800 g/mol. The van der Waals surface area contributed by atoms with Crippen LogP contribution in [0.2, 0.25) is 0 Å². The molecule has 2 aliphatic heterocycles. The number of sulfone groups is 2. The Kier molecular flexibility index (Phi) is 12.2. The first kappa shape index (κ1) is 42.4. The van der Waals surface area contributed by atoms with Crippen LogP contribution in [0.5, 0.6) is 11.5 Å². The van der Waals surface area contributed by atoms with E-state index in [-0.39, 0.29) is 4.90 Å². The summed E-state index contributed by atoms with van der Waals surface area (Å²) in [7, 11) is -3.30. The summed E-state index contributed by atoms with van der Waals surface area (Å²) in [5.41, 5.74) is 5.19. The van der Waals surface area contributed by atoms with Gasteiger partial charge in [0.25, 0.3) is 0 Å². The van der Waals surface area contributed by atoms with Gasteiger partial charge in [-0.05, 0) is 123 Å². The quantitative estimate of drug-likeness (QED) is 0.137. The summed E-state index contributed by atoms with van der Waals surface area (Å²) in [6.07, 6.45) is 5.46. The molecular weight excluding hydrogens is 749 g/mol. The SMILES string of the molecule is CCCCC1(C)OC(C)(C)C(c2ccc(S(C)(=O)=O)cc2)=C1c1ccc(OC)cc1.COc1cccc(C2=C(c3ccc(S(C)(=O)=O)cc3)C(C)(C)OC2=O)c1. The molecule has 0 saturated heterocycles. The second-order valence-electron chi connectivity index (χ2n) is 15.4. The number of hydrogen-bond acceptors (Lipinski definition) is 9. The van der Waals surface area contributed by atoms with Crippen LogP contribution in [0.15, 0.2) is 107 Å². The van der Waals surface area contributed by atoms with Crippen molar-refractivity contribution in [1.82, 2.24) is 0 Å². The molecule has 0 saturated carbocycles. The van der Waals surface area contributed by atoms with E-state index < -0.39 is 42.4 Å². The fourth-order valence-corrected chi connectivity index (χ4v) is 8.89. The highest BCUT2D eigenvalue weighted by molar-refractivity contribution is 7.91. The van der Waals surface area contributed by atoms with Gasteiger partial charge in [-0.15, -0.1) is 0 Å². The van der Waals surface area contributed by atoms with Crippen LogP contribution in [0.1, 0.15) is 83.1 Å². The number of benzene rings is 4. The second kappa shape index (κ2) is 16.0. The van der Waals surface area contributed by atoms with Gasteiger partial charge in [0.2, 0.25) is 0 Å². The number of carbonyl (C=O) groups excluding carboxylic acids is 1. The van der Waals surface area contributed by atoms with Crippen molar-refractivity contribution in [3.05, 3.63) is 119 Å². The van der Waals surface area contributed by atoms with Crippen molar-refractivity contribution >= 4 is 47.9 Å². The molecule has 1 unspecified atom stereocenters. The predicted octanol–water partition coefficient (Wildman–Crippen LogP) is 9.11. The lowest BCUT2D eigenvalue weighted by atomic mass is 9.80. The van der Waals surface area contributed by atoms with Gasteiger partial charge in [0.05, 0.1) is 40.8 Å². The highest BCUT2D eigenvalue weighted by atomic mass is 32.2. The van der Waals surface area contributed by atoms with Gasteiger partial charge in [0.15, 0.2) is 19.7 Å². The van der Waals surface area contributed by atoms with Crippen molar-refractivity contribution < 1.29 is 40.6 Å². The van der Waals surface area contributed by atoms with E-state index in [1.807, 2.05) is 50.2 Å². The highest BCUT2D eigenvalue weighted by Gasteiger charge is 2.48. The fraction of sp³-hybridized carbons (Fsp3) is 0.356. The van der Waals surface area contributed by atoms with Crippen LogP contribution in [0, 0.1) is 0 Å². The number of methoxy groups -OCH3 is 2. The van der Waals surface area contributed by atoms with Crippen molar-refractivity contribution in [1.29, 1.82) is 0 Å². The molecule has 1 atom stereocenters. The lowest BCUT2D eigenvalue weighted by Gasteiger charge is -2.31.